The lowest BCUT2D eigenvalue weighted by Crippen LogP contribution is -2.37. The summed E-state index contributed by atoms with van der Waals surface area (Å²) < 4.78 is 34.6. The van der Waals surface area contributed by atoms with Crippen LogP contribution in [-0.4, -0.2) is 74.9 Å². The van der Waals surface area contributed by atoms with Crippen LogP contribution < -0.4 is 0 Å². The van der Waals surface area contributed by atoms with E-state index in [1.165, 1.54) is 173 Å². The van der Waals surface area contributed by atoms with Crippen molar-refractivity contribution in [3.63, 3.8) is 0 Å². The highest BCUT2D eigenvalue weighted by Crippen LogP contribution is 2.43. The maximum Gasteiger partial charge on any atom is 0.472 e. The number of phosphoric ester groups is 1. The first-order valence-corrected chi connectivity index (χ1v) is 32.7. The second-order valence-corrected chi connectivity index (χ2v) is 23.5. The van der Waals surface area contributed by atoms with E-state index >= 15 is 0 Å². The normalized spacial score (nSPS) is 13.7. The van der Waals surface area contributed by atoms with Crippen molar-refractivity contribution >= 4 is 19.8 Å². The van der Waals surface area contributed by atoms with Gasteiger partial charge in [0.2, 0.25) is 0 Å². The van der Waals surface area contributed by atoms with Gasteiger partial charge in [0.25, 0.3) is 0 Å². The number of likely N-dealkylation sites (N-methyl/N-ethyl adjacent to an activating group) is 1. The molecular formula is C65H119NO8P+. The van der Waals surface area contributed by atoms with Gasteiger partial charge in [-0.1, -0.05) is 273 Å². The summed E-state index contributed by atoms with van der Waals surface area (Å²) in [5.74, 6) is -0.786. The fourth-order valence-corrected chi connectivity index (χ4v) is 9.47. The van der Waals surface area contributed by atoms with E-state index in [0.29, 0.717) is 23.9 Å². The minimum absolute atomic E-state index is 0.0322. The maximum absolute atomic E-state index is 12.8. The van der Waals surface area contributed by atoms with Crippen LogP contribution in [0.5, 0.6) is 0 Å². The van der Waals surface area contributed by atoms with Gasteiger partial charge in [-0.3, -0.25) is 18.6 Å². The molecule has 0 spiro atoms. The van der Waals surface area contributed by atoms with Crippen LogP contribution >= 0.6 is 7.82 Å². The molecule has 0 aromatic carbocycles. The number of nitrogens with zero attached hydrogens (tertiary/aromatic N) is 1. The van der Waals surface area contributed by atoms with Crippen LogP contribution in [0, 0.1) is 0 Å². The number of unbranched alkanes of at least 4 members (excludes halogenated alkanes) is 31. The summed E-state index contributed by atoms with van der Waals surface area (Å²) in [6.45, 7) is 4.35. The van der Waals surface area contributed by atoms with E-state index in [1.54, 1.807) is 0 Å². The zero-order valence-electron chi connectivity index (χ0n) is 49.5. The summed E-state index contributed by atoms with van der Waals surface area (Å²) in [7, 11) is 1.49. The van der Waals surface area contributed by atoms with Gasteiger partial charge in [-0.15, -0.1) is 0 Å². The molecule has 0 aliphatic heterocycles. The van der Waals surface area contributed by atoms with E-state index in [-0.39, 0.29) is 25.6 Å². The smallest absolute Gasteiger partial charge is 0.462 e. The summed E-state index contributed by atoms with van der Waals surface area (Å²) in [5.41, 5.74) is 0. The molecule has 9 nitrogen and oxygen atoms in total. The Hall–Kier alpha value is -2.55. The first-order valence-electron chi connectivity index (χ1n) is 31.2. The molecule has 0 aliphatic rings. The summed E-state index contributed by atoms with van der Waals surface area (Å²) in [5, 5.41) is 0. The summed E-state index contributed by atoms with van der Waals surface area (Å²) in [6.07, 6.45) is 74.1. The number of carbonyl (C=O) groups is 2. The van der Waals surface area contributed by atoms with Crippen molar-refractivity contribution in [3.8, 4) is 0 Å². The molecule has 436 valence electrons. The largest absolute Gasteiger partial charge is 0.472 e. The van der Waals surface area contributed by atoms with Crippen LogP contribution in [0.4, 0.5) is 0 Å². The van der Waals surface area contributed by atoms with Gasteiger partial charge in [0.15, 0.2) is 6.10 Å². The Morgan fingerprint density at radius 3 is 1.13 bits per heavy atom. The van der Waals surface area contributed by atoms with E-state index < -0.39 is 26.5 Å². The van der Waals surface area contributed by atoms with E-state index in [9.17, 15) is 19.0 Å². The lowest BCUT2D eigenvalue weighted by atomic mass is 10.0. The Labute approximate surface area is 463 Å². The Bertz CT molecular complexity index is 1500. The first-order chi connectivity index (χ1) is 36.5. The number of hydrogen-bond acceptors (Lipinski definition) is 7. The third kappa shape index (κ3) is 60.5. The van der Waals surface area contributed by atoms with E-state index in [0.717, 1.165) is 70.6 Å². The summed E-state index contributed by atoms with van der Waals surface area (Å²) in [4.78, 5) is 35.7. The molecule has 2 unspecified atom stereocenters. The third-order valence-electron chi connectivity index (χ3n) is 13.5. The number of phosphoric acid groups is 1. The predicted octanol–water partition coefficient (Wildman–Crippen LogP) is 19.7. The van der Waals surface area contributed by atoms with Gasteiger partial charge in [0.05, 0.1) is 27.7 Å². The topological polar surface area (TPSA) is 108 Å². The van der Waals surface area contributed by atoms with E-state index in [4.69, 9.17) is 18.5 Å². The van der Waals surface area contributed by atoms with Crippen molar-refractivity contribution in [2.45, 2.75) is 283 Å². The monoisotopic (exact) mass is 1070 g/mol. The number of esters is 2. The predicted molar refractivity (Wildman–Crippen MR) is 321 cm³/mol. The van der Waals surface area contributed by atoms with Crippen LogP contribution in [0.15, 0.2) is 72.9 Å². The fraction of sp³-hybridized carbons (Fsp3) is 0.785. The Balaban J connectivity index is 4.03. The summed E-state index contributed by atoms with van der Waals surface area (Å²) >= 11 is 0. The van der Waals surface area contributed by atoms with Crippen LogP contribution in [-0.2, 0) is 32.7 Å². The quantitative estimate of drug-likeness (QED) is 0.0211. The number of quaternary nitrogens is 1. The number of ether oxygens (including phenoxy) is 2. The maximum atomic E-state index is 12.8. The third-order valence-corrected chi connectivity index (χ3v) is 14.5. The van der Waals surface area contributed by atoms with Crippen molar-refractivity contribution < 1.29 is 42.1 Å². The zero-order valence-corrected chi connectivity index (χ0v) is 50.4. The molecule has 0 aromatic heterocycles. The summed E-state index contributed by atoms with van der Waals surface area (Å²) in [6, 6.07) is 0. The average molecular weight is 1070 g/mol. The zero-order chi connectivity index (χ0) is 54.9. The lowest BCUT2D eigenvalue weighted by molar-refractivity contribution is -0.870. The molecule has 0 rings (SSSR count). The highest BCUT2D eigenvalue weighted by atomic mass is 31.2. The van der Waals surface area contributed by atoms with Gasteiger partial charge in [-0.05, 0) is 64.2 Å². The minimum atomic E-state index is -4.38. The molecule has 0 radical (unpaired) electrons. The molecule has 0 amide bonds. The van der Waals surface area contributed by atoms with Crippen molar-refractivity contribution in [2.75, 3.05) is 47.5 Å². The van der Waals surface area contributed by atoms with Crippen LogP contribution in [0.2, 0.25) is 0 Å². The minimum Gasteiger partial charge on any atom is -0.462 e. The molecule has 10 heteroatoms. The van der Waals surface area contributed by atoms with Gasteiger partial charge < -0.3 is 18.9 Å². The number of allylic oxidation sites excluding steroid dienone is 12. The Morgan fingerprint density at radius 2 is 0.760 bits per heavy atom. The van der Waals surface area contributed by atoms with E-state index in [1.807, 2.05) is 21.1 Å². The number of rotatable bonds is 57. The molecule has 0 saturated carbocycles. The fourth-order valence-electron chi connectivity index (χ4n) is 8.73. The average Bonchev–Trinajstić information content (AvgIpc) is 3.37. The second kappa shape index (κ2) is 56.2. The second-order valence-electron chi connectivity index (χ2n) is 22.1. The van der Waals surface area contributed by atoms with Gasteiger partial charge >= 0.3 is 19.8 Å². The standard InChI is InChI=1S/C65H118NO8P/c1-6-8-10-12-14-16-18-20-22-24-25-26-27-28-29-30-31-32-33-34-35-36-37-38-39-40-41-42-44-46-48-50-52-54-56-58-65(68)74-63(62-73-75(69,70)72-60-59-66(3,4)5)61-71-64(67)57-55-53-51-49-47-45-43-23-21-19-17-15-13-11-9-7-2/h8,10,14,16,20,22,25-26,28-29,31-32,63H,6-7,9,11-13,15,17-19,21,23-24,27,30,33-62H2,1-5H3/p+1/b10-8-,16-14-,22-20-,26-25-,29-28-,32-31-. The SMILES string of the molecule is CC/C=C\C/C=C\C/C=C\C/C=C\C/C=C\C/C=C\CCCCCCCCCCCCCCCCCCC(=O)OC(COC(=O)CCCCCCCCCCCCCCCCCC)COP(=O)(O)OCC[N+](C)(C)C. The molecule has 0 saturated heterocycles. The van der Waals surface area contributed by atoms with Crippen LogP contribution in [0.1, 0.15) is 277 Å². The van der Waals surface area contributed by atoms with Crippen LogP contribution in [0.3, 0.4) is 0 Å². The number of hydrogen-bond donors (Lipinski definition) is 1. The molecule has 0 fully saturated rings. The molecule has 0 aromatic rings. The molecule has 0 aliphatic carbocycles. The first kappa shape index (κ1) is 72.5. The highest BCUT2D eigenvalue weighted by Gasteiger charge is 2.27. The van der Waals surface area contributed by atoms with Gasteiger partial charge in [-0.25, -0.2) is 4.57 Å². The molecule has 2 atom stereocenters. The molecule has 0 bridgehead atoms. The van der Waals surface area contributed by atoms with Gasteiger partial charge in [0, 0.05) is 12.8 Å². The molecule has 0 heterocycles. The lowest BCUT2D eigenvalue weighted by Gasteiger charge is -2.24. The molecular weight excluding hydrogens is 954 g/mol. The van der Waals surface area contributed by atoms with Gasteiger partial charge in [0.1, 0.15) is 19.8 Å². The Morgan fingerprint density at radius 1 is 0.427 bits per heavy atom. The number of carbonyl (C=O) groups excluding carboxylic acids is 2. The highest BCUT2D eigenvalue weighted by molar-refractivity contribution is 7.47. The van der Waals surface area contributed by atoms with Gasteiger partial charge in [-0.2, -0.15) is 0 Å². The van der Waals surface area contributed by atoms with E-state index in [2.05, 4.69) is 86.8 Å². The van der Waals surface area contributed by atoms with Crippen molar-refractivity contribution in [1.29, 1.82) is 0 Å². The molecule has 1 N–H and O–H groups in total. The van der Waals surface area contributed by atoms with Crippen molar-refractivity contribution in [1.82, 2.24) is 0 Å². The Kier molecular flexibility index (Phi) is 54.3. The van der Waals surface area contributed by atoms with Crippen LogP contribution in [0.25, 0.3) is 0 Å². The molecule has 75 heavy (non-hydrogen) atoms. The van der Waals surface area contributed by atoms with Crippen molar-refractivity contribution in [3.05, 3.63) is 72.9 Å². The van der Waals surface area contributed by atoms with Crippen molar-refractivity contribution in [2.24, 2.45) is 0 Å².